The van der Waals surface area contributed by atoms with Crippen LogP contribution >= 0.6 is 11.6 Å². The standard InChI is InChI=1S/C19H15ClN2O3/c1-11-5-4-8-15(20)17(11)22-19(25)21-16-10-13-7-3-2-6-12(13)9-14(16)18(23)24/h2-10H,1H3,(H,23,24)(H2,21,22,25). The molecule has 0 radical (unpaired) electrons. The van der Waals surface area contributed by atoms with Gasteiger partial charge >= 0.3 is 12.0 Å². The summed E-state index contributed by atoms with van der Waals surface area (Å²) in [5.41, 5.74) is 1.53. The number of fused-ring (bicyclic) bond motifs is 1. The third kappa shape index (κ3) is 3.56. The number of aryl methyl sites for hydroxylation is 1. The molecule has 0 heterocycles. The molecule has 3 aromatic carbocycles. The van der Waals surface area contributed by atoms with E-state index in [1.54, 1.807) is 18.2 Å². The number of halogens is 1. The molecule has 0 fully saturated rings. The van der Waals surface area contributed by atoms with E-state index >= 15 is 0 Å². The molecule has 3 rings (SSSR count). The zero-order chi connectivity index (χ0) is 18.0. The molecule has 126 valence electrons. The molecule has 0 saturated heterocycles. The second kappa shape index (κ2) is 6.83. The summed E-state index contributed by atoms with van der Waals surface area (Å²) in [6.45, 7) is 1.82. The minimum absolute atomic E-state index is 0.0183. The largest absolute Gasteiger partial charge is 0.478 e. The molecule has 0 saturated carbocycles. The van der Waals surface area contributed by atoms with Crippen molar-refractivity contribution in [2.24, 2.45) is 0 Å². The minimum Gasteiger partial charge on any atom is -0.478 e. The Morgan fingerprint density at radius 3 is 2.28 bits per heavy atom. The van der Waals surface area contributed by atoms with Crippen LogP contribution in [0.4, 0.5) is 16.2 Å². The van der Waals surface area contributed by atoms with E-state index in [4.69, 9.17) is 11.6 Å². The van der Waals surface area contributed by atoms with E-state index in [1.807, 2.05) is 37.3 Å². The zero-order valence-corrected chi connectivity index (χ0v) is 14.1. The SMILES string of the molecule is Cc1cccc(Cl)c1NC(=O)Nc1cc2ccccc2cc1C(=O)O. The first-order chi connectivity index (χ1) is 12.0. The maximum absolute atomic E-state index is 12.3. The Balaban J connectivity index is 1.92. The number of carbonyl (C=O) groups excluding carboxylic acids is 1. The number of anilines is 2. The molecule has 0 aliphatic rings. The Hall–Kier alpha value is -3.05. The Morgan fingerprint density at radius 1 is 0.960 bits per heavy atom. The van der Waals surface area contributed by atoms with Crippen LogP contribution in [0.15, 0.2) is 54.6 Å². The van der Waals surface area contributed by atoms with Crippen molar-refractivity contribution in [1.29, 1.82) is 0 Å². The first-order valence-electron chi connectivity index (χ1n) is 7.55. The van der Waals surface area contributed by atoms with Gasteiger partial charge in [0.15, 0.2) is 0 Å². The fraction of sp³-hybridized carbons (Fsp3) is 0.0526. The lowest BCUT2D eigenvalue weighted by Crippen LogP contribution is -2.21. The number of amides is 2. The molecule has 0 atom stereocenters. The van der Waals surface area contributed by atoms with Gasteiger partial charge < -0.3 is 15.7 Å². The number of carbonyl (C=O) groups is 2. The molecule has 0 aromatic heterocycles. The molecule has 0 aliphatic carbocycles. The third-order valence-electron chi connectivity index (χ3n) is 3.82. The van der Waals surface area contributed by atoms with Gasteiger partial charge in [0, 0.05) is 0 Å². The molecule has 25 heavy (non-hydrogen) atoms. The molecule has 0 aliphatic heterocycles. The highest BCUT2D eigenvalue weighted by Crippen LogP contribution is 2.27. The fourth-order valence-corrected chi connectivity index (χ4v) is 2.85. The van der Waals surface area contributed by atoms with Gasteiger partial charge in [0.1, 0.15) is 0 Å². The molecule has 0 bridgehead atoms. The van der Waals surface area contributed by atoms with E-state index in [2.05, 4.69) is 10.6 Å². The summed E-state index contributed by atoms with van der Waals surface area (Å²) in [5.74, 6) is -1.12. The number of rotatable bonds is 3. The first kappa shape index (κ1) is 16.8. The van der Waals surface area contributed by atoms with E-state index in [9.17, 15) is 14.7 Å². The third-order valence-corrected chi connectivity index (χ3v) is 4.14. The van der Waals surface area contributed by atoms with Crippen molar-refractivity contribution in [2.45, 2.75) is 6.92 Å². The van der Waals surface area contributed by atoms with Crippen LogP contribution in [0.3, 0.4) is 0 Å². The van der Waals surface area contributed by atoms with Crippen molar-refractivity contribution < 1.29 is 14.7 Å². The highest BCUT2D eigenvalue weighted by atomic mass is 35.5. The van der Waals surface area contributed by atoms with E-state index in [1.165, 1.54) is 6.07 Å². The average molecular weight is 355 g/mol. The van der Waals surface area contributed by atoms with E-state index in [-0.39, 0.29) is 11.3 Å². The van der Waals surface area contributed by atoms with E-state index in [0.717, 1.165) is 16.3 Å². The Labute approximate surface area is 149 Å². The van der Waals surface area contributed by atoms with Gasteiger partial charge in [-0.1, -0.05) is 48.0 Å². The lowest BCUT2D eigenvalue weighted by Gasteiger charge is -2.13. The molecule has 3 aromatic rings. The number of carboxylic acid groups (broad SMARTS) is 1. The second-order valence-electron chi connectivity index (χ2n) is 5.56. The van der Waals surface area contributed by atoms with Crippen LogP contribution in [-0.4, -0.2) is 17.1 Å². The Bertz CT molecular complexity index is 965. The van der Waals surface area contributed by atoms with Crippen LogP contribution < -0.4 is 10.6 Å². The van der Waals surface area contributed by atoms with Crippen molar-refractivity contribution in [1.82, 2.24) is 0 Å². The molecule has 3 N–H and O–H groups in total. The molecular weight excluding hydrogens is 340 g/mol. The second-order valence-corrected chi connectivity index (χ2v) is 5.97. The van der Waals surface area contributed by atoms with Gasteiger partial charge in [0.25, 0.3) is 0 Å². The summed E-state index contributed by atoms with van der Waals surface area (Å²) in [7, 11) is 0. The molecular formula is C19H15ClN2O3. The van der Waals surface area contributed by atoms with E-state index < -0.39 is 12.0 Å². The predicted molar refractivity (Wildman–Crippen MR) is 99.7 cm³/mol. The van der Waals surface area contributed by atoms with Gasteiger partial charge in [-0.2, -0.15) is 0 Å². The Kier molecular flexibility index (Phi) is 4.59. The number of carboxylic acids is 1. The molecule has 6 heteroatoms. The lowest BCUT2D eigenvalue weighted by molar-refractivity contribution is 0.0698. The summed E-state index contributed by atoms with van der Waals surface area (Å²) >= 11 is 6.10. The number of benzene rings is 3. The first-order valence-corrected chi connectivity index (χ1v) is 7.92. The minimum atomic E-state index is -1.12. The zero-order valence-electron chi connectivity index (χ0n) is 13.3. The van der Waals surface area contributed by atoms with Crippen LogP contribution in [-0.2, 0) is 0 Å². The number of para-hydroxylation sites is 1. The molecule has 0 unspecified atom stereocenters. The average Bonchev–Trinajstić information content (AvgIpc) is 2.57. The normalized spacial score (nSPS) is 10.5. The van der Waals surface area contributed by atoms with Gasteiger partial charge in [-0.3, -0.25) is 0 Å². The van der Waals surface area contributed by atoms with Gasteiger partial charge in [-0.15, -0.1) is 0 Å². The van der Waals surface area contributed by atoms with Crippen molar-refractivity contribution in [3.05, 3.63) is 70.7 Å². The van der Waals surface area contributed by atoms with Crippen LogP contribution in [0, 0.1) is 6.92 Å². The van der Waals surface area contributed by atoms with Crippen molar-refractivity contribution in [3.63, 3.8) is 0 Å². The van der Waals surface area contributed by atoms with Crippen molar-refractivity contribution in [2.75, 3.05) is 10.6 Å². The molecule has 0 spiro atoms. The van der Waals surface area contributed by atoms with Crippen LogP contribution in [0.1, 0.15) is 15.9 Å². The summed E-state index contributed by atoms with van der Waals surface area (Å²) in [4.78, 5) is 23.8. The van der Waals surface area contributed by atoms with E-state index in [0.29, 0.717) is 10.7 Å². The number of urea groups is 1. The molecule has 5 nitrogen and oxygen atoms in total. The Morgan fingerprint density at radius 2 is 1.64 bits per heavy atom. The highest BCUT2D eigenvalue weighted by Gasteiger charge is 2.15. The van der Waals surface area contributed by atoms with Gasteiger partial charge in [-0.25, -0.2) is 9.59 Å². The number of hydrogen-bond donors (Lipinski definition) is 3. The number of nitrogens with one attached hydrogen (secondary N) is 2. The smallest absolute Gasteiger partial charge is 0.337 e. The monoisotopic (exact) mass is 354 g/mol. The van der Waals surface area contributed by atoms with Crippen LogP contribution in [0.5, 0.6) is 0 Å². The summed E-state index contributed by atoms with van der Waals surface area (Å²) in [5, 5.41) is 16.7. The predicted octanol–water partition coefficient (Wildman–Crippen LogP) is 5.14. The lowest BCUT2D eigenvalue weighted by atomic mass is 10.0. The number of hydrogen-bond acceptors (Lipinski definition) is 2. The quantitative estimate of drug-likeness (QED) is 0.609. The molecule has 2 amide bonds. The summed E-state index contributed by atoms with van der Waals surface area (Å²) in [6.07, 6.45) is 0. The summed E-state index contributed by atoms with van der Waals surface area (Å²) in [6, 6.07) is 15.2. The van der Waals surface area contributed by atoms with Crippen molar-refractivity contribution >= 4 is 45.7 Å². The van der Waals surface area contributed by atoms with Gasteiger partial charge in [-0.05, 0) is 41.5 Å². The number of aromatic carboxylic acids is 1. The van der Waals surface area contributed by atoms with Crippen LogP contribution in [0.25, 0.3) is 10.8 Å². The maximum atomic E-state index is 12.3. The van der Waals surface area contributed by atoms with Crippen LogP contribution in [0.2, 0.25) is 5.02 Å². The summed E-state index contributed by atoms with van der Waals surface area (Å²) < 4.78 is 0. The maximum Gasteiger partial charge on any atom is 0.337 e. The van der Waals surface area contributed by atoms with Gasteiger partial charge in [0.05, 0.1) is 22.0 Å². The highest BCUT2D eigenvalue weighted by molar-refractivity contribution is 6.34. The van der Waals surface area contributed by atoms with Crippen molar-refractivity contribution in [3.8, 4) is 0 Å². The van der Waals surface area contributed by atoms with Gasteiger partial charge in [0.2, 0.25) is 0 Å². The topological polar surface area (TPSA) is 78.4 Å². The fourth-order valence-electron chi connectivity index (χ4n) is 2.58.